The second-order valence-corrected chi connectivity index (χ2v) is 3.91. The second-order valence-electron chi connectivity index (χ2n) is 3.91. The van der Waals surface area contributed by atoms with Crippen molar-refractivity contribution in [1.29, 1.82) is 0 Å². The van der Waals surface area contributed by atoms with Crippen LogP contribution in [0.15, 0.2) is 0 Å². The van der Waals surface area contributed by atoms with E-state index < -0.39 is 30.1 Å². The van der Waals surface area contributed by atoms with E-state index >= 15 is 0 Å². The van der Waals surface area contributed by atoms with Crippen LogP contribution >= 0.6 is 0 Å². The molecule has 1 aliphatic heterocycles. The van der Waals surface area contributed by atoms with E-state index in [0.29, 0.717) is 13.0 Å². The predicted molar refractivity (Wildman–Crippen MR) is 54.6 cm³/mol. The van der Waals surface area contributed by atoms with Crippen LogP contribution in [0.25, 0.3) is 0 Å². The maximum absolute atomic E-state index is 11.8. The van der Waals surface area contributed by atoms with Gasteiger partial charge in [0.05, 0.1) is 13.7 Å². The summed E-state index contributed by atoms with van der Waals surface area (Å²) in [5.41, 5.74) is -0.901. The fraction of sp³-hybridized carbons (Fsp3) is 0.800. The first-order valence-electron chi connectivity index (χ1n) is 5.17. The van der Waals surface area contributed by atoms with E-state index in [2.05, 4.69) is 10.1 Å². The molecular weight excluding hydrogens is 214 g/mol. The molecule has 6 heteroatoms. The number of hydrogen-bond donors (Lipinski definition) is 2. The van der Waals surface area contributed by atoms with Gasteiger partial charge in [-0.1, -0.05) is 0 Å². The van der Waals surface area contributed by atoms with E-state index in [1.54, 1.807) is 6.92 Å². The average Bonchev–Trinajstić information content (AvgIpc) is 2.73. The SMILES string of the molecule is COC(=O)C(CO)NC(=O)C1(C)CCCO1. The van der Waals surface area contributed by atoms with Crippen molar-refractivity contribution >= 4 is 11.9 Å². The van der Waals surface area contributed by atoms with E-state index in [1.165, 1.54) is 7.11 Å². The topological polar surface area (TPSA) is 84.9 Å². The molecule has 2 unspecified atom stereocenters. The van der Waals surface area contributed by atoms with Crippen molar-refractivity contribution in [1.82, 2.24) is 5.32 Å². The predicted octanol–water partition coefficient (Wildman–Crippen LogP) is -0.794. The highest BCUT2D eigenvalue weighted by molar-refractivity contribution is 5.89. The number of aliphatic hydroxyl groups excluding tert-OH is 1. The molecule has 0 spiro atoms. The molecule has 1 heterocycles. The third-order valence-corrected chi connectivity index (χ3v) is 2.67. The average molecular weight is 231 g/mol. The minimum absolute atomic E-state index is 0.394. The largest absolute Gasteiger partial charge is 0.467 e. The van der Waals surface area contributed by atoms with Crippen molar-refractivity contribution in [3.63, 3.8) is 0 Å². The lowest BCUT2D eigenvalue weighted by Crippen LogP contribution is -2.52. The van der Waals surface area contributed by atoms with Gasteiger partial charge in [-0.3, -0.25) is 4.79 Å². The van der Waals surface area contributed by atoms with Crippen LogP contribution in [0.3, 0.4) is 0 Å². The van der Waals surface area contributed by atoms with Crippen LogP contribution in [0.2, 0.25) is 0 Å². The van der Waals surface area contributed by atoms with Gasteiger partial charge >= 0.3 is 5.97 Å². The zero-order valence-corrected chi connectivity index (χ0v) is 9.49. The minimum Gasteiger partial charge on any atom is -0.467 e. The summed E-state index contributed by atoms with van der Waals surface area (Å²) in [6.45, 7) is 1.71. The van der Waals surface area contributed by atoms with Crippen molar-refractivity contribution in [3.05, 3.63) is 0 Å². The lowest BCUT2D eigenvalue weighted by atomic mass is 10.0. The van der Waals surface area contributed by atoms with Crippen molar-refractivity contribution < 1.29 is 24.2 Å². The normalized spacial score (nSPS) is 26.2. The van der Waals surface area contributed by atoms with Gasteiger partial charge in [0, 0.05) is 6.61 Å². The number of ether oxygens (including phenoxy) is 2. The van der Waals surface area contributed by atoms with Crippen molar-refractivity contribution in [2.24, 2.45) is 0 Å². The number of methoxy groups -OCH3 is 1. The highest BCUT2D eigenvalue weighted by Crippen LogP contribution is 2.25. The molecule has 92 valence electrons. The molecule has 1 amide bonds. The summed E-state index contributed by atoms with van der Waals surface area (Å²) in [4.78, 5) is 23.0. The van der Waals surface area contributed by atoms with Crippen LogP contribution in [0.1, 0.15) is 19.8 Å². The maximum atomic E-state index is 11.8. The summed E-state index contributed by atoms with van der Waals surface area (Å²) >= 11 is 0. The Morgan fingerprint density at radius 1 is 1.62 bits per heavy atom. The highest BCUT2D eigenvalue weighted by atomic mass is 16.5. The Morgan fingerprint density at radius 2 is 2.31 bits per heavy atom. The zero-order chi connectivity index (χ0) is 12.2. The smallest absolute Gasteiger partial charge is 0.330 e. The van der Waals surface area contributed by atoms with E-state index in [9.17, 15) is 9.59 Å². The molecule has 0 aromatic heterocycles. The molecule has 0 aromatic rings. The quantitative estimate of drug-likeness (QED) is 0.619. The van der Waals surface area contributed by atoms with Crippen molar-refractivity contribution in [3.8, 4) is 0 Å². The summed E-state index contributed by atoms with van der Waals surface area (Å²) in [7, 11) is 1.20. The van der Waals surface area contributed by atoms with E-state index in [4.69, 9.17) is 9.84 Å². The lowest BCUT2D eigenvalue weighted by molar-refractivity contribution is -0.150. The van der Waals surface area contributed by atoms with E-state index in [1.807, 2.05) is 0 Å². The van der Waals surface area contributed by atoms with Gasteiger partial charge in [-0.15, -0.1) is 0 Å². The summed E-state index contributed by atoms with van der Waals surface area (Å²) < 4.78 is 9.76. The van der Waals surface area contributed by atoms with Gasteiger partial charge in [-0.05, 0) is 19.8 Å². The fourth-order valence-electron chi connectivity index (χ4n) is 1.59. The molecule has 1 rings (SSSR count). The molecule has 2 atom stereocenters. The van der Waals surface area contributed by atoms with Gasteiger partial charge in [0.25, 0.3) is 5.91 Å². The van der Waals surface area contributed by atoms with E-state index in [0.717, 1.165) is 6.42 Å². The highest BCUT2D eigenvalue weighted by Gasteiger charge is 2.39. The number of hydrogen-bond acceptors (Lipinski definition) is 5. The number of nitrogens with one attached hydrogen (secondary N) is 1. The molecule has 0 aliphatic carbocycles. The van der Waals surface area contributed by atoms with Gasteiger partial charge in [0.1, 0.15) is 5.60 Å². The van der Waals surface area contributed by atoms with Crippen LogP contribution in [0.4, 0.5) is 0 Å². The Morgan fingerprint density at radius 3 is 2.75 bits per heavy atom. The summed E-state index contributed by atoms with van der Waals surface area (Å²) in [5.74, 6) is -1.06. The molecule has 16 heavy (non-hydrogen) atoms. The first kappa shape index (κ1) is 12.9. The molecule has 0 radical (unpaired) electrons. The van der Waals surface area contributed by atoms with Gasteiger partial charge in [-0.25, -0.2) is 4.79 Å². The zero-order valence-electron chi connectivity index (χ0n) is 9.49. The first-order chi connectivity index (χ1) is 7.53. The molecule has 1 fully saturated rings. The van der Waals surface area contributed by atoms with Gasteiger partial charge in [0.15, 0.2) is 6.04 Å². The van der Waals surface area contributed by atoms with Crippen LogP contribution in [0.5, 0.6) is 0 Å². The number of carbonyl (C=O) groups excluding carboxylic acids is 2. The first-order valence-corrected chi connectivity index (χ1v) is 5.17. The molecule has 1 saturated heterocycles. The fourth-order valence-corrected chi connectivity index (χ4v) is 1.59. The van der Waals surface area contributed by atoms with Gasteiger partial charge < -0.3 is 19.9 Å². The number of rotatable bonds is 4. The number of carbonyl (C=O) groups is 2. The lowest BCUT2D eigenvalue weighted by Gasteiger charge is -2.24. The molecule has 1 aliphatic rings. The Bertz CT molecular complexity index is 272. The minimum atomic E-state index is -1.03. The van der Waals surface area contributed by atoms with Crippen LogP contribution in [0, 0.1) is 0 Å². The Labute approximate surface area is 93.9 Å². The second kappa shape index (κ2) is 5.27. The monoisotopic (exact) mass is 231 g/mol. The standard InChI is InChI=1S/C10H17NO5/c1-10(4-3-5-16-10)9(14)11-7(6-12)8(13)15-2/h7,12H,3-6H2,1-2H3,(H,11,14). The molecule has 2 N–H and O–H groups in total. The molecular formula is C10H17NO5. The number of esters is 1. The van der Waals surface area contributed by atoms with Crippen molar-refractivity contribution in [2.75, 3.05) is 20.3 Å². The number of amides is 1. The van der Waals surface area contributed by atoms with Crippen LogP contribution < -0.4 is 5.32 Å². The third kappa shape index (κ3) is 2.70. The van der Waals surface area contributed by atoms with Crippen LogP contribution in [-0.2, 0) is 19.1 Å². The Kier molecular flexibility index (Phi) is 4.26. The molecule has 0 aromatic carbocycles. The molecule has 0 bridgehead atoms. The number of aliphatic hydroxyl groups is 1. The summed E-state index contributed by atoms with van der Waals surface area (Å²) in [6.07, 6.45) is 1.42. The van der Waals surface area contributed by atoms with E-state index in [-0.39, 0.29) is 0 Å². The van der Waals surface area contributed by atoms with Gasteiger partial charge in [-0.2, -0.15) is 0 Å². The third-order valence-electron chi connectivity index (χ3n) is 2.67. The maximum Gasteiger partial charge on any atom is 0.330 e. The Hall–Kier alpha value is -1.14. The molecule has 6 nitrogen and oxygen atoms in total. The van der Waals surface area contributed by atoms with Crippen molar-refractivity contribution in [2.45, 2.75) is 31.4 Å². The molecule has 0 saturated carbocycles. The van der Waals surface area contributed by atoms with Gasteiger partial charge in [0.2, 0.25) is 0 Å². The summed E-state index contributed by atoms with van der Waals surface area (Å²) in [6, 6.07) is -1.03. The Balaban J connectivity index is 2.58. The van der Waals surface area contributed by atoms with Crippen LogP contribution in [-0.4, -0.2) is 48.9 Å². The summed E-state index contributed by atoms with van der Waals surface area (Å²) in [5, 5.41) is 11.4.